The quantitative estimate of drug-likeness (QED) is 0.695. The van der Waals surface area contributed by atoms with Crippen molar-refractivity contribution in [3.63, 3.8) is 0 Å². The third kappa shape index (κ3) is 5.72. The number of ether oxygens (including phenoxy) is 1. The van der Waals surface area contributed by atoms with Crippen LogP contribution in [-0.4, -0.2) is 42.8 Å². The molecule has 0 saturated heterocycles. The molecular weight excluding hydrogens is 242 g/mol. The molecule has 0 amide bonds. The first-order chi connectivity index (χ1) is 8.95. The average molecular weight is 269 g/mol. The van der Waals surface area contributed by atoms with Crippen molar-refractivity contribution >= 4 is 0 Å². The fourth-order valence-electron chi connectivity index (χ4n) is 1.43. The first kappa shape index (κ1) is 16.1. The number of nitrogens with zero attached hydrogens (tertiary/aromatic N) is 2. The van der Waals surface area contributed by atoms with E-state index in [4.69, 9.17) is 9.26 Å². The van der Waals surface area contributed by atoms with Crippen molar-refractivity contribution in [2.45, 2.75) is 45.9 Å². The Balaban J connectivity index is 2.30. The van der Waals surface area contributed by atoms with Crippen LogP contribution in [0.15, 0.2) is 10.6 Å². The second-order valence-corrected chi connectivity index (χ2v) is 5.66. The molecule has 1 heterocycles. The van der Waals surface area contributed by atoms with Gasteiger partial charge in [-0.25, -0.2) is 0 Å². The fourth-order valence-corrected chi connectivity index (χ4v) is 1.43. The lowest BCUT2D eigenvalue weighted by Crippen LogP contribution is -2.42. The minimum Gasteiger partial charge on any atom is -0.371 e. The van der Waals surface area contributed by atoms with E-state index in [-0.39, 0.29) is 5.54 Å². The predicted molar refractivity (Wildman–Crippen MR) is 75.9 cm³/mol. The van der Waals surface area contributed by atoms with Crippen molar-refractivity contribution in [1.29, 1.82) is 0 Å². The van der Waals surface area contributed by atoms with Gasteiger partial charge in [0, 0.05) is 18.2 Å². The Morgan fingerprint density at radius 3 is 2.79 bits per heavy atom. The standard InChI is InChI=1S/C14H27N3O2/c1-6-7-15-9-12-8-13(19-16-12)10-18-11-14(2,3)17(4)5/h8,15H,6-7,9-11H2,1-5H3. The molecule has 0 saturated carbocycles. The summed E-state index contributed by atoms with van der Waals surface area (Å²) in [5.74, 6) is 0.780. The maximum atomic E-state index is 5.69. The van der Waals surface area contributed by atoms with Crippen LogP contribution < -0.4 is 5.32 Å². The van der Waals surface area contributed by atoms with Crippen molar-refractivity contribution in [3.05, 3.63) is 17.5 Å². The number of rotatable bonds is 9. The van der Waals surface area contributed by atoms with Crippen LogP contribution in [0, 0.1) is 0 Å². The molecule has 0 aliphatic heterocycles. The summed E-state index contributed by atoms with van der Waals surface area (Å²) < 4.78 is 10.9. The monoisotopic (exact) mass is 269 g/mol. The van der Waals surface area contributed by atoms with E-state index >= 15 is 0 Å². The summed E-state index contributed by atoms with van der Waals surface area (Å²) in [6.45, 7) is 9.31. The minimum absolute atomic E-state index is 0.0194. The molecule has 1 aromatic rings. The van der Waals surface area contributed by atoms with Gasteiger partial charge >= 0.3 is 0 Å². The molecular formula is C14H27N3O2. The first-order valence-electron chi connectivity index (χ1n) is 6.86. The van der Waals surface area contributed by atoms with E-state index in [1.807, 2.05) is 6.07 Å². The van der Waals surface area contributed by atoms with Gasteiger partial charge in [0.1, 0.15) is 6.61 Å². The molecule has 1 aromatic heterocycles. The normalized spacial score (nSPS) is 12.3. The van der Waals surface area contributed by atoms with Gasteiger partial charge in [-0.2, -0.15) is 0 Å². The first-order valence-corrected chi connectivity index (χ1v) is 6.86. The highest BCUT2D eigenvalue weighted by Gasteiger charge is 2.20. The van der Waals surface area contributed by atoms with Crippen LogP contribution in [0.4, 0.5) is 0 Å². The molecule has 0 aromatic carbocycles. The number of likely N-dealkylation sites (N-methyl/N-ethyl adjacent to an activating group) is 1. The summed E-state index contributed by atoms with van der Waals surface area (Å²) in [6, 6.07) is 1.95. The zero-order chi connectivity index (χ0) is 14.3. The smallest absolute Gasteiger partial charge is 0.162 e. The molecule has 5 nitrogen and oxygen atoms in total. The van der Waals surface area contributed by atoms with E-state index in [1.54, 1.807) is 0 Å². The summed E-state index contributed by atoms with van der Waals surface area (Å²) in [5.41, 5.74) is 0.949. The van der Waals surface area contributed by atoms with Gasteiger partial charge in [-0.1, -0.05) is 12.1 Å². The summed E-state index contributed by atoms with van der Waals surface area (Å²) in [5, 5.41) is 7.30. The Labute approximate surface area is 116 Å². The summed E-state index contributed by atoms with van der Waals surface area (Å²) >= 11 is 0. The highest BCUT2D eigenvalue weighted by molar-refractivity contribution is 5.04. The van der Waals surface area contributed by atoms with Crippen LogP contribution in [-0.2, 0) is 17.9 Å². The van der Waals surface area contributed by atoms with Crippen LogP contribution in [0.1, 0.15) is 38.6 Å². The lowest BCUT2D eigenvalue weighted by molar-refractivity contribution is 0.0191. The highest BCUT2D eigenvalue weighted by atomic mass is 16.5. The van der Waals surface area contributed by atoms with Gasteiger partial charge in [-0.3, -0.25) is 0 Å². The van der Waals surface area contributed by atoms with E-state index in [0.29, 0.717) is 13.2 Å². The van der Waals surface area contributed by atoms with E-state index in [0.717, 1.165) is 31.0 Å². The van der Waals surface area contributed by atoms with Crippen LogP contribution >= 0.6 is 0 Å². The molecule has 0 fully saturated rings. The Morgan fingerprint density at radius 2 is 2.16 bits per heavy atom. The Kier molecular flexibility index (Phi) is 6.48. The summed E-state index contributed by atoms with van der Waals surface area (Å²) in [6.07, 6.45) is 1.12. The lowest BCUT2D eigenvalue weighted by Gasteiger charge is -2.31. The number of nitrogens with one attached hydrogen (secondary N) is 1. The van der Waals surface area contributed by atoms with Crippen molar-refractivity contribution < 1.29 is 9.26 Å². The van der Waals surface area contributed by atoms with Crippen LogP contribution in [0.2, 0.25) is 0 Å². The molecule has 0 spiro atoms. The zero-order valence-electron chi connectivity index (χ0n) is 12.8. The second-order valence-electron chi connectivity index (χ2n) is 5.66. The molecule has 1 rings (SSSR count). The fraction of sp³-hybridized carbons (Fsp3) is 0.786. The number of aromatic nitrogens is 1. The van der Waals surface area contributed by atoms with Crippen LogP contribution in [0.25, 0.3) is 0 Å². The van der Waals surface area contributed by atoms with Gasteiger partial charge in [0.25, 0.3) is 0 Å². The van der Waals surface area contributed by atoms with Gasteiger partial charge in [-0.05, 0) is 40.9 Å². The van der Waals surface area contributed by atoms with Crippen molar-refractivity contribution in [1.82, 2.24) is 15.4 Å². The van der Waals surface area contributed by atoms with Gasteiger partial charge < -0.3 is 19.5 Å². The topological polar surface area (TPSA) is 50.5 Å². The van der Waals surface area contributed by atoms with E-state index < -0.39 is 0 Å². The Bertz CT molecular complexity index is 361. The zero-order valence-corrected chi connectivity index (χ0v) is 12.8. The van der Waals surface area contributed by atoms with Crippen molar-refractivity contribution in [2.24, 2.45) is 0 Å². The largest absolute Gasteiger partial charge is 0.371 e. The molecule has 1 N–H and O–H groups in total. The molecule has 0 aliphatic rings. The van der Waals surface area contributed by atoms with Gasteiger partial charge in [-0.15, -0.1) is 0 Å². The van der Waals surface area contributed by atoms with Crippen LogP contribution in [0.3, 0.4) is 0 Å². The predicted octanol–water partition coefficient (Wildman–Crippen LogP) is 2.03. The second kappa shape index (κ2) is 7.62. The van der Waals surface area contributed by atoms with Gasteiger partial charge in [0.15, 0.2) is 5.76 Å². The molecule has 5 heteroatoms. The maximum Gasteiger partial charge on any atom is 0.162 e. The molecule has 0 unspecified atom stereocenters. The number of hydrogen-bond donors (Lipinski definition) is 1. The summed E-state index contributed by atoms with van der Waals surface area (Å²) in [7, 11) is 4.10. The molecule has 0 aliphatic carbocycles. The third-order valence-electron chi connectivity index (χ3n) is 3.25. The Morgan fingerprint density at radius 1 is 1.42 bits per heavy atom. The number of hydrogen-bond acceptors (Lipinski definition) is 5. The highest BCUT2D eigenvalue weighted by Crippen LogP contribution is 2.12. The maximum absolute atomic E-state index is 5.69. The van der Waals surface area contributed by atoms with Crippen molar-refractivity contribution in [3.8, 4) is 0 Å². The van der Waals surface area contributed by atoms with Crippen molar-refractivity contribution in [2.75, 3.05) is 27.2 Å². The molecule has 0 atom stereocenters. The lowest BCUT2D eigenvalue weighted by atomic mass is 10.1. The minimum atomic E-state index is 0.0194. The SMILES string of the molecule is CCCNCc1cc(COCC(C)(C)N(C)C)on1. The van der Waals surface area contributed by atoms with Gasteiger partial charge in [0.2, 0.25) is 0 Å². The average Bonchev–Trinajstić information content (AvgIpc) is 2.77. The molecule has 110 valence electrons. The molecule has 0 bridgehead atoms. The van der Waals surface area contributed by atoms with E-state index in [2.05, 4.69) is 50.2 Å². The molecule has 0 radical (unpaired) electrons. The summed E-state index contributed by atoms with van der Waals surface area (Å²) in [4.78, 5) is 2.15. The molecule has 19 heavy (non-hydrogen) atoms. The van der Waals surface area contributed by atoms with Gasteiger partial charge in [0.05, 0.1) is 12.3 Å². The Hall–Kier alpha value is -0.910. The van der Waals surface area contributed by atoms with Crippen LogP contribution in [0.5, 0.6) is 0 Å². The van der Waals surface area contributed by atoms with E-state index in [9.17, 15) is 0 Å². The van der Waals surface area contributed by atoms with E-state index in [1.165, 1.54) is 0 Å². The third-order valence-corrected chi connectivity index (χ3v) is 3.25.